The summed E-state index contributed by atoms with van der Waals surface area (Å²) < 4.78 is 6.61. The number of aromatic nitrogens is 3. The van der Waals surface area contributed by atoms with Crippen LogP contribution in [0.2, 0.25) is 0 Å². The van der Waals surface area contributed by atoms with Gasteiger partial charge in [-0.1, -0.05) is 6.92 Å². The third kappa shape index (κ3) is 3.23. The Labute approximate surface area is 99.6 Å². The molecule has 1 heterocycles. The highest BCUT2D eigenvalue weighted by Crippen LogP contribution is 2.15. The number of ether oxygens (including phenoxy) is 1. The molecule has 0 aromatic carbocycles. The van der Waals surface area contributed by atoms with Gasteiger partial charge in [0.25, 0.3) is 0 Å². The molecule has 5 nitrogen and oxygen atoms in total. The van der Waals surface area contributed by atoms with E-state index in [4.69, 9.17) is 0 Å². The number of aryl methyl sites for hydroxylation is 1. The average Bonchev–Trinajstić information content (AvgIpc) is 2.59. The number of methoxy groups -OCH3 is 1. The average molecular weight is 243 g/mol. The number of carbonyl (C=O) groups excluding carboxylic acids is 1. The van der Waals surface area contributed by atoms with Crippen molar-refractivity contribution in [2.75, 3.05) is 12.9 Å². The second-order valence-corrected chi connectivity index (χ2v) is 4.69. The smallest absolute Gasteiger partial charge is 0.309 e. The molecule has 0 bridgehead atoms. The summed E-state index contributed by atoms with van der Waals surface area (Å²) in [5.41, 5.74) is 0. The molecule has 1 unspecified atom stereocenters. The van der Waals surface area contributed by atoms with Crippen LogP contribution >= 0.6 is 11.8 Å². The largest absolute Gasteiger partial charge is 0.469 e. The van der Waals surface area contributed by atoms with Gasteiger partial charge in [0.15, 0.2) is 0 Å². The van der Waals surface area contributed by atoms with Gasteiger partial charge < -0.3 is 9.30 Å². The minimum absolute atomic E-state index is 0.0793. The highest BCUT2D eigenvalue weighted by molar-refractivity contribution is 7.98. The van der Waals surface area contributed by atoms with Gasteiger partial charge in [-0.15, -0.1) is 10.2 Å². The molecule has 0 saturated heterocycles. The van der Waals surface area contributed by atoms with Gasteiger partial charge in [0.2, 0.25) is 0 Å². The third-order valence-electron chi connectivity index (χ3n) is 2.39. The van der Waals surface area contributed by atoms with E-state index < -0.39 is 0 Å². The number of nitrogens with zero attached hydrogens (tertiary/aromatic N) is 3. The topological polar surface area (TPSA) is 57.0 Å². The molecule has 0 aliphatic rings. The second kappa shape index (κ2) is 5.89. The molecule has 0 aliphatic heterocycles. The van der Waals surface area contributed by atoms with Crippen LogP contribution in [-0.2, 0) is 22.3 Å². The van der Waals surface area contributed by atoms with Crippen molar-refractivity contribution < 1.29 is 9.53 Å². The number of thioether (sulfide) groups is 1. The molecule has 90 valence electrons. The quantitative estimate of drug-likeness (QED) is 0.726. The van der Waals surface area contributed by atoms with Gasteiger partial charge in [0.05, 0.1) is 18.8 Å². The summed E-state index contributed by atoms with van der Waals surface area (Å²) >= 11 is 1.66. The number of rotatable bonds is 5. The molecular weight excluding hydrogens is 226 g/mol. The van der Waals surface area contributed by atoms with Gasteiger partial charge in [-0.25, -0.2) is 0 Å². The standard InChI is InChI=1S/C10H17N3O2S/c1-7(10(14)15-4)5-16-6-9-12-11-8(2)13(9)3/h7H,5-6H2,1-4H3. The Morgan fingerprint density at radius 3 is 2.75 bits per heavy atom. The van der Waals surface area contributed by atoms with Crippen LogP contribution in [0, 0.1) is 12.8 Å². The molecule has 1 atom stereocenters. The summed E-state index contributed by atoms with van der Waals surface area (Å²) in [5.74, 6) is 3.08. The number of hydrogen-bond acceptors (Lipinski definition) is 5. The maximum atomic E-state index is 11.2. The van der Waals surface area contributed by atoms with Crippen LogP contribution in [0.1, 0.15) is 18.6 Å². The molecule has 0 aliphatic carbocycles. The van der Waals surface area contributed by atoms with Crippen molar-refractivity contribution in [2.45, 2.75) is 19.6 Å². The molecule has 6 heteroatoms. The van der Waals surface area contributed by atoms with E-state index >= 15 is 0 Å². The first kappa shape index (κ1) is 13.0. The Kier molecular flexibility index (Phi) is 4.79. The zero-order valence-electron chi connectivity index (χ0n) is 10.1. The summed E-state index contributed by atoms with van der Waals surface area (Å²) in [6, 6.07) is 0. The summed E-state index contributed by atoms with van der Waals surface area (Å²) in [6.45, 7) is 3.78. The molecule has 0 fully saturated rings. The lowest BCUT2D eigenvalue weighted by atomic mass is 10.2. The highest BCUT2D eigenvalue weighted by Gasteiger charge is 2.13. The fourth-order valence-corrected chi connectivity index (χ4v) is 2.21. The van der Waals surface area contributed by atoms with Crippen molar-refractivity contribution in [1.29, 1.82) is 0 Å². The Morgan fingerprint density at radius 2 is 2.25 bits per heavy atom. The van der Waals surface area contributed by atoms with Gasteiger partial charge in [-0.3, -0.25) is 4.79 Å². The third-order valence-corrected chi connectivity index (χ3v) is 3.58. The Morgan fingerprint density at radius 1 is 1.56 bits per heavy atom. The van der Waals surface area contributed by atoms with Gasteiger partial charge in [0.1, 0.15) is 11.6 Å². The van der Waals surface area contributed by atoms with E-state index in [0.29, 0.717) is 0 Å². The lowest BCUT2D eigenvalue weighted by molar-refractivity contribution is -0.143. The molecule has 0 radical (unpaired) electrons. The maximum absolute atomic E-state index is 11.2. The zero-order valence-corrected chi connectivity index (χ0v) is 10.9. The van der Waals surface area contributed by atoms with Crippen LogP contribution in [0.15, 0.2) is 0 Å². The van der Waals surface area contributed by atoms with E-state index in [-0.39, 0.29) is 11.9 Å². The van der Waals surface area contributed by atoms with Crippen molar-refractivity contribution in [3.8, 4) is 0 Å². The fraction of sp³-hybridized carbons (Fsp3) is 0.700. The van der Waals surface area contributed by atoms with Crippen molar-refractivity contribution in [1.82, 2.24) is 14.8 Å². The first-order valence-corrected chi connectivity index (χ1v) is 6.22. The predicted molar refractivity (Wildman–Crippen MR) is 63.1 cm³/mol. The number of esters is 1. The van der Waals surface area contributed by atoms with Crippen LogP contribution in [0.3, 0.4) is 0 Å². The first-order chi connectivity index (χ1) is 7.56. The molecule has 1 aromatic heterocycles. The molecule has 0 spiro atoms. The van der Waals surface area contributed by atoms with E-state index in [9.17, 15) is 4.79 Å². The number of carbonyl (C=O) groups is 1. The maximum Gasteiger partial charge on any atom is 0.309 e. The van der Waals surface area contributed by atoms with E-state index in [1.54, 1.807) is 11.8 Å². The van der Waals surface area contributed by atoms with Crippen LogP contribution in [0.5, 0.6) is 0 Å². The monoisotopic (exact) mass is 243 g/mol. The Hall–Kier alpha value is -1.04. The first-order valence-electron chi connectivity index (χ1n) is 5.06. The van der Waals surface area contributed by atoms with Crippen molar-refractivity contribution in [3.63, 3.8) is 0 Å². The van der Waals surface area contributed by atoms with Gasteiger partial charge in [-0.2, -0.15) is 11.8 Å². The van der Waals surface area contributed by atoms with Gasteiger partial charge in [-0.05, 0) is 6.92 Å². The second-order valence-electron chi connectivity index (χ2n) is 3.66. The van der Waals surface area contributed by atoms with Crippen LogP contribution in [-0.4, -0.2) is 33.6 Å². The minimum atomic E-state index is -0.165. The van der Waals surface area contributed by atoms with Crippen LogP contribution in [0.4, 0.5) is 0 Å². The summed E-state index contributed by atoms with van der Waals surface area (Å²) in [6.07, 6.45) is 0. The van der Waals surface area contributed by atoms with Crippen molar-refractivity contribution in [3.05, 3.63) is 11.6 Å². The van der Waals surface area contributed by atoms with E-state index in [0.717, 1.165) is 23.2 Å². The summed E-state index contributed by atoms with van der Waals surface area (Å²) in [5, 5.41) is 8.03. The minimum Gasteiger partial charge on any atom is -0.469 e. The Balaban J connectivity index is 2.36. The SMILES string of the molecule is COC(=O)C(C)CSCc1nnc(C)n1C. The molecular formula is C10H17N3O2S. The van der Waals surface area contributed by atoms with Crippen molar-refractivity contribution in [2.24, 2.45) is 13.0 Å². The Bertz CT molecular complexity index is 365. The van der Waals surface area contributed by atoms with Crippen LogP contribution < -0.4 is 0 Å². The predicted octanol–water partition coefficient (Wildman–Crippen LogP) is 1.17. The van der Waals surface area contributed by atoms with E-state index in [1.165, 1.54) is 7.11 Å². The molecule has 0 amide bonds. The van der Waals surface area contributed by atoms with Crippen LogP contribution in [0.25, 0.3) is 0 Å². The molecule has 0 N–H and O–H groups in total. The molecule has 16 heavy (non-hydrogen) atoms. The lowest BCUT2D eigenvalue weighted by Gasteiger charge is -2.08. The van der Waals surface area contributed by atoms with Crippen molar-refractivity contribution >= 4 is 17.7 Å². The lowest BCUT2D eigenvalue weighted by Crippen LogP contribution is -2.15. The van der Waals surface area contributed by atoms with E-state index in [2.05, 4.69) is 14.9 Å². The zero-order chi connectivity index (χ0) is 12.1. The molecule has 0 saturated carbocycles. The highest BCUT2D eigenvalue weighted by atomic mass is 32.2. The van der Waals surface area contributed by atoms with Gasteiger partial charge in [0, 0.05) is 12.8 Å². The molecule has 1 rings (SSSR count). The van der Waals surface area contributed by atoms with E-state index in [1.807, 2.05) is 25.5 Å². The number of hydrogen-bond donors (Lipinski definition) is 0. The summed E-state index contributed by atoms with van der Waals surface area (Å²) in [7, 11) is 3.35. The fourth-order valence-electron chi connectivity index (χ4n) is 1.17. The summed E-state index contributed by atoms with van der Waals surface area (Å²) in [4.78, 5) is 11.2. The molecule has 1 aromatic rings. The van der Waals surface area contributed by atoms with Gasteiger partial charge >= 0.3 is 5.97 Å². The normalized spacial score (nSPS) is 12.5.